The Labute approximate surface area is 150 Å². The molecule has 0 aliphatic carbocycles. The van der Waals surface area contributed by atoms with Crippen LogP contribution < -0.4 is 0 Å². The molecule has 0 amide bonds. The Morgan fingerprint density at radius 2 is 1.62 bits per heavy atom. The van der Waals surface area contributed by atoms with Crippen molar-refractivity contribution in [3.63, 3.8) is 0 Å². The minimum atomic E-state index is -4.42. The lowest BCUT2D eigenvalue weighted by molar-refractivity contribution is -0.138. The van der Waals surface area contributed by atoms with Crippen molar-refractivity contribution < 1.29 is 13.2 Å². The fourth-order valence-corrected chi connectivity index (χ4v) is 2.73. The summed E-state index contributed by atoms with van der Waals surface area (Å²) in [5.41, 5.74) is -1.59. The lowest BCUT2D eigenvalue weighted by Crippen LogP contribution is -2.27. The maximum absolute atomic E-state index is 12.6. The Morgan fingerprint density at radius 1 is 1.04 bits per heavy atom. The van der Waals surface area contributed by atoms with Crippen LogP contribution in [0.5, 0.6) is 0 Å². The normalized spacial score (nSPS) is 12.6. The van der Waals surface area contributed by atoms with Crippen LogP contribution >= 0.6 is 0 Å². The van der Waals surface area contributed by atoms with Gasteiger partial charge in [-0.1, -0.05) is 0 Å². The average molecular weight is 363 g/mol. The van der Waals surface area contributed by atoms with Crippen molar-refractivity contribution >= 4 is 0 Å². The van der Waals surface area contributed by atoms with E-state index in [1.807, 2.05) is 32.9 Å². The van der Waals surface area contributed by atoms with E-state index in [0.717, 1.165) is 0 Å². The van der Waals surface area contributed by atoms with Gasteiger partial charge in [0.05, 0.1) is 23.9 Å². The summed E-state index contributed by atoms with van der Waals surface area (Å²) in [5.74, 6) is 0.643. The summed E-state index contributed by atoms with van der Waals surface area (Å²) in [5, 5.41) is 23.3. The van der Waals surface area contributed by atoms with Crippen LogP contribution in [0.25, 0.3) is 5.82 Å². The van der Waals surface area contributed by atoms with Crippen molar-refractivity contribution in [2.45, 2.75) is 51.7 Å². The van der Waals surface area contributed by atoms with Crippen LogP contribution in [0.3, 0.4) is 0 Å². The number of nitrogens with zero attached hydrogens (tertiary/aromatic N) is 5. The smallest absolute Gasteiger partial charge is 0.309 e. The highest BCUT2D eigenvalue weighted by molar-refractivity contribution is 5.38. The maximum Gasteiger partial charge on any atom is 0.389 e. The van der Waals surface area contributed by atoms with Gasteiger partial charge < -0.3 is 4.57 Å². The second-order valence-corrected chi connectivity index (χ2v) is 7.26. The maximum atomic E-state index is 12.6. The minimum absolute atomic E-state index is 0.125. The molecule has 0 spiro atoms. The third kappa shape index (κ3) is 4.26. The fourth-order valence-electron chi connectivity index (χ4n) is 2.73. The number of hydrogen-bond acceptors (Lipinski definition) is 3. The summed E-state index contributed by atoms with van der Waals surface area (Å²) in [7, 11) is 0. The molecule has 0 atom stereocenters. The van der Waals surface area contributed by atoms with Gasteiger partial charge in [0.1, 0.15) is 11.2 Å². The first-order chi connectivity index (χ1) is 12.0. The van der Waals surface area contributed by atoms with Gasteiger partial charge in [0.25, 0.3) is 0 Å². The Bertz CT molecular complexity index is 812. The van der Waals surface area contributed by atoms with Crippen molar-refractivity contribution in [2.75, 3.05) is 0 Å². The summed E-state index contributed by atoms with van der Waals surface area (Å²) in [6.45, 7) is 5.84. The molecule has 0 aliphatic heterocycles. The third-order valence-corrected chi connectivity index (χ3v) is 4.06. The molecule has 2 rings (SSSR count). The predicted octanol–water partition coefficient (Wildman–Crippen LogP) is 4.35. The summed E-state index contributed by atoms with van der Waals surface area (Å²) < 4.78 is 41.4. The lowest BCUT2D eigenvalue weighted by atomic mass is 9.80. The molecule has 0 unspecified atom stereocenters. The lowest BCUT2D eigenvalue weighted by Gasteiger charge is -2.24. The van der Waals surface area contributed by atoms with Crippen molar-refractivity contribution in [2.24, 2.45) is 5.41 Å². The number of alkyl halides is 3. The van der Waals surface area contributed by atoms with Crippen molar-refractivity contribution in [1.29, 1.82) is 10.5 Å². The fraction of sp³-hybridized carbons (Fsp3) is 0.500. The van der Waals surface area contributed by atoms with E-state index in [9.17, 15) is 23.7 Å². The van der Waals surface area contributed by atoms with E-state index in [1.54, 1.807) is 33.8 Å². The van der Waals surface area contributed by atoms with Gasteiger partial charge >= 0.3 is 6.18 Å². The van der Waals surface area contributed by atoms with Crippen molar-refractivity contribution in [3.8, 4) is 18.0 Å². The number of aromatic nitrogens is 3. The molecule has 138 valence electrons. The Balaban J connectivity index is 2.47. The van der Waals surface area contributed by atoms with Gasteiger partial charge in [-0.3, -0.25) is 0 Å². The Hall–Kier alpha value is -2.74. The molecule has 2 heterocycles. The van der Waals surface area contributed by atoms with E-state index in [0.29, 0.717) is 11.4 Å². The zero-order valence-corrected chi connectivity index (χ0v) is 14.9. The molecular formula is C18H20F3N5. The van der Waals surface area contributed by atoms with Gasteiger partial charge in [0.15, 0.2) is 0 Å². The van der Waals surface area contributed by atoms with Crippen molar-refractivity contribution in [1.82, 2.24) is 14.3 Å². The Kier molecular flexibility index (Phi) is 5.18. The summed E-state index contributed by atoms with van der Waals surface area (Å²) in [6, 6.07) is 7.23. The van der Waals surface area contributed by atoms with Crippen LogP contribution in [0.15, 0.2) is 30.7 Å². The van der Waals surface area contributed by atoms with Crippen LogP contribution in [0.2, 0.25) is 0 Å². The van der Waals surface area contributed by atoms with E-state index in [2.05, 4.69) is 5.10 Å². The summed E-state index contributed by atoms with van der Waals surface area (Å²) >= 11 is 0. The number of rotatable bonds is 5. The third-order valence-electron chi connectivity index (χ3n) is 4.06. The van der Waals surface area contributed by atoms with E-state index in [-0.39, 0.29) is 12.0 Å². The number of nitriles is 2. The highest BCUT2D eigenvalue weighted by Crippen LogP contribution is 2.35. The van der Waals surface area contributed by atoms with Gasteiger partial charge in [0, 0.05) is 30.8 Å². The van der Waals surface area contributed by atoms with E-state index < -0.39 is 24.4 Å². The summed E-state index contributed by atoms with van der Waals surface area (Å²) in [6.07, 6.45) is -1.19. The molecule has 5 nitrogen and oxygen atoms in total. The SMILES string of the molecule is CC(C)(C)n1ncc(CC(C#N)(C#N)CCC(F)(F)F)c1-n1cccc1. The second-order valence-electron chi connectivity index (χ2n) is 7.26. The topological polar surface area (TPSA) is 70.3 Å². The number of halogens is 3. The standard InChI is InChI=1S/C18H20F3N5/c1-16(2,3)26-15(25-8-4-5-9-25)14(11-24-26)10-17(12-22,13-23)6-7-18(19,20)21/h4-5,8-9,11H,6-7,10H2,1-3H3. The zero-order valence-electron chi connectivity index (χ0n) is 14.9. The first-order valence-electron chi connectivity index (χ1n) is 8.11. The minimum Gasteiger partial charge on any atom is -0.309 e. The highest BCUT2D eigenvalue weighted by Gasteiger charge is 2.38. The summed E-state index contributed by atoms with van der Waals surface area (Å²) in [4.78, 5) is 0. The molecular weight excluding hydrogens is 343 g/mol. The molecule has 26 heavy (non-hydrogen) atoms. The van der Waals surface area contributed by atoms with Gasteiger partial charge in [-0.25, -0.2) is 4.68 Å². The van der Waals surface area contributed by atoms with Gasteiger partial charge in [0.2, 0.25) is 0 Å². The van der Waals surface area contributed by atoms with Crippen molar-refractivity contribution in [3.05, 3.63) is 36.3 Å². The second kappa shape index (κ2) is 6.87. The quantitative estimate of drug-likeness (QED) is 0.793. The molecule has 0 saturated heterocycles. The molecule has 2 aromatic heterocycles. The number of hydrogen-bond donors (Lipinski definition) is 0. The van der Waals surface area contributed by atoms with Crippen LogP contribution in [0.4, 0.5) is 13.2 Å². The molecule has 0 N–H and O–H groups in total. The van der Waals surface area contributed by atoms with Gasteiger partial charge in [-0.05, 0) is 39.3 Å². The van der Waals surface area contributed by atoms with Crippen LogP contribution in [0.1, 0.15) is 39.2 Å². The molecule has 0 fully saturated rings. The molecule has 0 aliphatic rings. The highest BCUT2D eigenvalue weighted by atomic mass is 19.4. The van der Waals surface area contributed by atoms with Crippen LogP contribution in [-0.4, -0.2) is 20.5 Å². The van der Waals surface area contributed by atoms with Crippen LogP contribution in [-0.2, 0) is 12.0 Å². The first-order valence-corrected chi connectivity index (χ1v) is 8.11. The molecule has 0 saturated carbocycles. The first kappa shape index (κ1) is 19.6. The van der Waals surface area contributed by atoms with E-state index >= 15 is 0 Å². The monoisotopic (exact) mass is 363 g/mol. The predicted molar refractivity (Wildman–Crippen MR) is 89.2 cm³/mol. The largest absolute Gasteiger partial charge is 0.389 e. The van der Waals surface area contributed by atoms with Crippen LogP contribution in [0, 0.1) is 28.1 Å². The Morgan fingerprint density at radius 3 is 2.08 bits per heavy atom. The average Bonchev–Trinajstić information content (AvgIpc) is 3.19. The molecule has 0 radical (unpaired) electrons. The zero-order chi connectivity index (χ0) is 19.6. The van der Waals surface area contributed by atoms with E-state index in [4.69, 9.17) is 0 Å². The molecule has 2 aromatic rings. The van der Waals surface area contributed by atoms with Gasteiger partial charge in [-0.15, -0.1) is 0 Å². The van der Waals surface area contributed by atoms with E-state index in [1.165, 1.54) is 6.20 Å². The molecule has 0 aromatic carbocycles. The van der Waals surface area contributed by atoms with Gasteiger partial charge in [-0.2, -0.15) is 28.8 Å². The molecule has 8 heteroatoms. The molecule has 0 bridgehead atoms.